The number of hydrogen-bond acceptors (Lipinski definition) is 3. The van der Waals surface area contributed by atoms with Crippen molar-refractivity contribution < 1.29 is 8.42 Å². The Morgan fingerprint density at radius 1 is 1.31 bits per heavy atom. The van der Waals surface area contributed by atoms with Gasteiger partial charge < -0.3 is 5.32 Å². The SMILES string of the molecule is CC(C)CNCCCCN1CCCS1(=O)=O. The highest BCUT2D eigenvalue weighted by molar-refractivity contribution is 7.89. The van der Waals surface area contributed by atoms with Gasteiger partial charge >= 0.3 is 0 Å². The highest BCUT2D eigenvalue weighted by Gasteiger charge is 2.26. The summed E-state index contributed by atoms with van der Waals surface area (Å²) in [5.41, 5.74) is 0. The molecule has 0 aromatic carbocycles. The third-order valence-corrected chi connectivity index (χ3v) is 4.72. The molecule has 1 N–H and O–H groups in total. The normalized spacial score (nSPS) is 20.7. The zero-order chi connectivity index (χ0) is 12.0. The summed E-state index contributed by atoms with van der Waals surface area (Å²) < 4.78 is 24.6. The van der Waals surface area contributed by atoms with Gasteiger partial charge in [0.05, 0.1) is 5.75 Å². The zero-order valence-corrected chi connectivity index (χ0v) is 11.2. The Hall–Kier alpha value is -0.130. The summed E-state index contributed by atoms with van der Waals surface area (Å²) >= 11 is 0. The van der Waals surface area contributed by atoms with Crippen LogP contribution in [0, 0.1) is 5.92 Å². The van der Waals surface area contributed by atoms with E-state index in [2.05, 4.69) is 19.2 Å². The monoisotopic (exact) mass is 248 g/mol. The van der Waals surface area contributed by atoms with E-state index in [1.54, 1.807) is 4.31 Å². The maximum Gasteiger partial charge on any atom is 0.214 e. The molecule has 0 bridgehead atoms. The summed E-state index contributed by atoms with van der Waals surface area (Å²) in [6.07, 6.45) is 2.82. The molecule has 0 spiro atoms. The van der Waals surface area contributed by atoms with E-state index in [4.69, 9.17) is 0 Å². The summed E-state index contributed by atoms with van der Waals surface area (Å²) in [6, 6.07) is 0. The lowest BCUT2D eigenvalue weighted by molar-refractivity contribution is 0.424. The molecule has 4 nitrogen and oxygen atoms in total. The number of sulfonamides is 1. The number of hydrogen-bond donors (Lipinski definition) is 1. The van der Waals surface area contributed by atoms with E-state index >= 15 is 0 Å². The number of nitrogens with one attached hydrogen (secondary N) is 1. The minimum atomic E-state index is -2.88. The predicted molar refractivity (Wildman–Crippen MR) is 66.9 cm³/mol. The average molecular weight is 248 g/mol. The predicted octanol–water partition coefficient (Wildman–Crippen LogP) is 1.05. The van der Waals surface area contributed by atoms with Gasteiger partial charge in [0.25, 0.3) is 0 Å². The minimum absolute atomic E-state index is 0.346. The highest BCUT2D eigenvalue weighted by atomic mass is 32.2. The summed E-state index contributed by atoms with van der Waals surface area (Å²) in [7, 11) is -2.88. The Balaban J connectivity index is 2.03. The molecule has 0 aliphatic carbocycles. The Labute approximate surface area is 99.5 Å². The van der Waals surface area contributed by atoms with E-state index in [0.29, 0.717) is 18.2 Å². The number of unbranched alkanes of at least 4 members (excludes halogenated alkanes) is 1. The van der Waals surface area contributed by atoms with E-state index < -0.39 is 10.0 Å². The summed E-state index contributed by atoms with van der Waals surface area (Å²) in [5.74, 6) is 1.03. The van der Waals surface area contributed by atoms with Crippen molar-refractivity contribution in [3.63, 3.8) is 0 Å². The fraction of sp³-hybridized carbons (Fsp3) is 1.00. The molecule has 0 unspecified atom stereocenters. The first-order chi connectivity index (χ1) is 7.52. The second-order valence-electron chi connectivity index (χ2n) is 4.87. The molecule has 1 saturated heterocycles. The standard InChI is InChI=1S/C11H24N2O2S/c1-11(2)10-12-6-3-4-7-13-8-5-9-16(13,14)15/h11-12H,3-10H2,1-2H3. The first-order valence-electron chi connectivity index (χ1n) is 6.21. The summed E-state index contributed by atoms with van der Waals surface area (Å²) in [5, 5.41) is 3.36. The Bertz CT molecular complexity index is 288. The van der Waals surface area contributed by atoms with Crippen LogP contribution in [0.4, 0.5) is 0 Å². The molecule has 1 aliphatic rings. The van der Waals surface area contributed by atoms with Crippen LogP contribution in [0.5, 0.6) is 0 Å². The van der Waals surface area contributed by atoms with E-state index in [-0.39, 0.29) is 0 Å². The van der Waals surface area contributed by atoms with Crippen LogP contribution >= 0.6 is 0 Å². The minimum Gasteiger partial charge on any atom is -0.316 e. The van der Waals surface area contributed by atoms with Crippen LogP contribution in [0.25, 0.3) is 0 Å². The molecule has 1 fully saturated rings. The van der Waals surface area contributed by atoms with Crippen LogP contribution in [0.1, 0.15) is 33.1 Å². The van der Waals surface area contributed by atoms with Gasteiger partial charge in [-0.05, 0) is 38.3 Å². The van der Waals surface area contributed by atoms with E-state index in [9.17, 15) is 8.42 Å². The molecule has 0 aromatic heterocycles. The van der Waals surface area contributed by atoms with Gasteiger partial charge in [0.15, 0.2) is 0 Å². The molecule has 1 heterocycles. The van der Waals surface area contributed by atoms with Crippen molar-refractivity contribution in [1.29, 1.82) is 0 Å². The fourth-order valence-electron chi connectivity index (χ4n) is 1.87. The van der Waals surface area contributed by atoms with Gasteiger partial charge in [-0.15, -0.1) is 0 Å². The second kappa shape index (κ2) is 6.57. The molecule has 0 amide bonds. The molecule has 96 valence electrons. The first-order valence-corrected chi connectivity index (χ1v) is 7.82. The number of nitrogens with zero attached hydrogens (tertiary/aromatic N) is 1. The van der Waals surface area contributed by atoms with Gasteiger partial charge in [0, 0.05) is 13.1 Å². The third-order valence-electron chi connectivity index (χ3n) is 2.77. The Morgan fingerprint density at radius 2 is 2.06 bits per heavy atom. The van der Waals surface area contributed by atoms with Crippen LogP contribution in [0.3, 0.4) is 0 Å². The van der Waals surface area contributed by atoms with Gasteiger partial charge in [-0.25, -0.2) is 12.7 Å². The fourth-order valence-corrected chi connectivity index (χ4v) is 3.44. The van der Waals surface area contributed by atoms with Gasteiger partial charge in [-0.2, -0.15) is 0 Å². The molecule has 0 atom stereocenters. The molecular formula is C11H24N2O2S. The third kappa shape index (κ3) is 4.80. The molecule has 5 heteroatoms. The summed E-state index contributed by atoms with van der Waals surface area (Å²) in [6.45, 7) is 7.83. The summed E-state index contributed by atoms with van der Waals surface area (Å²) in [4.78, 5) is 0. The first kappa shape index (κ1) is 13.9. The topological polar surface area (TPSA) is 49.4 Å². The molecular weight excluding hydrogens is 224 g/mol. The smallest absolute Gasteiger partial charge is 0.214 e. The lowest BCUT2D eigenvalue weighted by atomic mass is 10.2. The Kier molecular flexibility index (Phi) is 5.72. The maximum absolute atomic E-state index is 11.5. The van der Waals surface area contributed by atoms with Crippen molar-refractivity contribution in [1.82, 2.24) is 9.62 Å². The van der Waals surface area contributed by atoms with Crippen LogP contribution in [-0.4, -0.2) is 44.7 Å². The molecule has 1 rings (SSSR count). The van der Waals surface area contributed by atoms with Crippen molar-refractivity contribution in [2.45, 2.75) is 33.1 Å². The zero-order valence-electron chi connectivity index (χ0n) is 10.4. The molecule has 0 aromatic rings. The molecule has 1 aliphatic heterocycles. The van der Waals surface area contributed by atoms with E-state index in [1.807, 2.05) is 0 Å². The largest absolute Gasteiger partial charge is 0.316 e. The van der Waals surface area contributed by atoms with Gasteiger partial charge in [0.1, 0.15) is 0 Å². The average Bonchev–Trinajstić information content (AvgIpc) is 2.51. The van der Waals surface area contributed by atoms with Gasteiger partial charge in [-0.3, -0.25) is 0 Å². The van der Waals surface area contributed by atoms with Gasteiger partial charge in [-0.1, -0.05) is 13.8 Å². The van der Waals surface area contributed by atoms with Crippen molar-refractivity contribution >= 4 is 10.0 Å². The Morgan fingerprint density at radius 3 is 2.62 bits per heavy atom. The van der Waals surface area contributed by atoms with Crippen molar-refractivity contribution in [2.24, 2.45) is 5.92 Å². The van der Waals surface area contributed by atoms with Crippen molar-refractivity contribution in [3.05, 3.63) is 0 Å². The van der Waals surface area contributed by atoms with Gasteiger partial charge in [0.2, 0.25) is 10.0 Å². The van der Waals surface area contributed by atoms with E-state index in [1.165, 1.54) is 0 Å². The second-order valence-corrected chi connectivity index (χ2v) is 6.96. The number of rotatable bonds is 7. The quantitative estimate of drug-likeness (QED) is 0.685. The van der Waals surface area contributed by atoms with E-state index in [0.717, 1.165) is 38.9 Å². The van der Waals surface area contributed by atoms with Crippen LogP contribution in [0.15, 0.2) is 0 Å². The molecule has 0 radical (unpaired) electrons. The van der Waals surface area contributed by atoms with Crippen molar-refractivity contribution in [2.75, 3.05) is 31.9 Å². The van der Waals surface area contributed by atoms with Crippen LogP contribution in [-0.2, 0) is 10.0 Å². The lowest BCUT2D eigenvalue weighted by Crippen LogP contribution is -2.27. The van der Waals surface area contributed by atoms with Crippen LogP contribution in [0.2, 0.25) is 0 Å². The highest BCUT2D eigenvalue weighted by Crippen LogP contribution is 2.13. The molecule has 0 saturated carbocycles. The lowest BCUT2D eigenvalue weighted by Gasteiger charge is -2.14. The maximum atomic E-state index is 11.5. The van der Waals surface area contributed by atoms with Crippen molar-refractivity contribution in [3.8, 4) is 0 Å². The molecule has 16 heavy (non-hydrogen) atoms. The van der Waals surface area contributed by atoms with Crippen LogP contribution < -0.4 is 5.32 Å².